The Morgan fingerprint density at radius 1 is 1.06 bits per heavy atom. The van der Waals surface area contributed by atoms with Crippen molar-refractivity contribution in [2.75, 3.05) is 0 Å². The zero-order valence-electron chi connectivity index (χ0n) is 22.0. The zero-order valence-corrected chi connectivity index (χ0v) is 22.8. The number of unbranched alkanes of at least 4 members (excludes halogenated alkanes) is 1. The number of thiazole rings is 1. The number of aromatic nitrogens is 1. The summed E-state index contributed by atoms with van der Waals surface area (Å²) in [5.41, 5.74) is 4.91. The average molecular weight is 508 g/mol. The fourth-order valence-corrected chi connectivity index (χ4v) is 5.32. The van der Waals surface area contributed by atoms with Gasteiger partial charge in [0.05, 0.1) is 5.69 Å². The molecule has 1 atom stereocenters. The largest absolute Gasteiger partial charge is 0.479 e. The molecule has 3 aromatic rings. The van der Waals surface area contributed by atoms with Gasteiger partial charge in [-0.2, -0.15) is 0 Å². The number of hydrogen-bond donors (Lipinski definition) is 1. The summed E-state index contributed by atoms with van der Waals surface area (Å²) >= 11 is 1.68. The lowest BCUT2D eigenvalue weighted by Crippen LogP contribution is -2.26. The smallest absolute Gasteiger partial charge is 0.344 e. The number of carbonyl (C=O) groups is 2. The van der Waals surface area contributed by atoms with Crippen LogP contribution in [0.1, 0.15) is 91.4 Å². The van der Waals surface area contributed by atoms with E-state index in [1.807, 2.05) is 6.92 Å². The van der Waals surface area contributed by atoms with E-state index in [1.165, 1.54) is 18.4 Å². The number of benzene rings is 2. The van der Waals surface area contributed by atoms with Crippen LogP contribution in [0.15, 0.2) is 42.5 Å². The van der Waals surface area contributed by atoms with Crippen LogP contribution in [-0.2, 0) is 17.6 Å². The molecule has 3 rings (SSSR count). The predicted molar refractivity (Wildman–Crippen MR) is 146 cm³/mol. The zero-order chi connectivity index (χ0) is 26.2. The van der Waals surface area contributed by atoms with Crippen LogP contribution >= 0.6 is 11.3 Å². The van der Waals surface area contributed by atoms with Gasteiger partial charge in [0.15, 0.2) is 11.9 Å². The van der Waals surface area contributed by atoms with E-state index in [2.05, 4.69) is 45.0 Å². The van der Waals surface area contributed by atoms with Crippen LogP contribution in [0.5, 0.6) is 5.75 Å². The number of aliphatic carboxylic acids is 1. The monoisotopic (exact) mass is 507 g/mol. The first-order chi connectivity index (χ1) is 17.2. The van der Waals surface area contributed by atoms with E-state index >= 15 is 0 Å². The fraction of sp³-hybridized carbons (Fsp3) is 0.433. The molecule has 5 nitrogen and oxygen atoms in total. The van der Waals surface area contributed by atoms with Gasteiger partial charge < -0.3 is 9.84 Å². The SMILES string of the molecule is CCCCc1ccc(-c2nc(C(C)C)c(CCC(=O)c3ccc(OC(CC)C(=O)O)c(C)c3)s2)cc1. The minimum atomic E-state index is -0.991. The molecule has 0 saturated carbocycles. The normalized spacial score (nSPS) is 12.1. The highest BCUT2D eigenvalue weighted by Crippen LogP contribution is 2.33. The van der Waals surface area contributed by atoms with Crippen LogP contribution in [-0.4, -0.2) is 27.9 Å². The second-order valence-electron chi connectivity index (χ2n) is 9.54. The molecule has 0 spiro atoms. The number of carboxylic acid groups (broad SMARTS) is 1. The highest BCUT2D eigenvalue weighted by Gasteiger charge is 2.20. The van der Waals surface area contributed by atoms with Crippen LogP contribution in [0.4, 0.5) is 0 Å². The lowest BCUT2D eigenvalue weighted by molar-refractivity contribution is -0.145. The number of ketones is 1. The van der Waals surface area contributed by atoms with Crippen LogP contribution in [0.2, 0.25) is 0 Å². The summed E-state index contributed by atoms with van der Waals surface area (Å²) in [4.78, 5) is 30.4. The van der Waals surface area contributed by atoms with Gasteiger partial charge in [-0.1, -0.05) is 58.4 Å². The van der Waals surface area contributed by atoms with Crippen molar-refractivity contribution < 1.29 is 19.4 Å². The number of carboxylic acids is 1. The second-order valence-corrected chi connectivity index (χ2v) is 10.6. The number of hydrogen-bond acceptors (Lipinski definition) is 5. The maximum atomic E-state index is 13.0. The molecule has 1 heterocycles. The summed E-state index contributed by atoms with van der Waals surface area (Å²) in [6, 6.07) is 13.9. The van der Waals surface area contributed by atoms with Crippen molar-refractivity contribution >= 4 is 23.1 Å². The van der Waals surface area contributed by atoms with Crippen LogP contribution < -0.4 is 4.74 Å². The Morgan fingerprint density at radius 2 is 1.78 bits per heavy atom. The van der Waals surface area contributed by atoms with Crippen LogP contribution in [0.25, 0.3) is 10.6 Å². The van der Waals surface area contributed by atoms with Gasteiger partial charge in [-0.3, -0.25) is 4.79 Å². The quantitative estimate of drug-likeness (QED) is 0.241. The molecule has 0 aliphatic rings. The standard InChI is InChI=1S/C30H37NO4S/c1-6-8-9-21-10-12-22(13-11-21)29-31-28(19(3)4)27(36-29)17-15-24(32)23-14-16-26(20(5)18-23)35-25(7-2)30(33)34/h10-14,16,18-19,25H,6-9,15,17H2,1-5H3,(H,33,34). The summed E-state index contributed by atoms with van der Waals surface area (Å²) in [5.74, 6) is -0.159. The number of Topliss-reactive ketones (excluding diaryl/α,β-unsaturated/α-hetero) is 1. The lowest BCUT2D eigenvalue weighted by Gasteiger charge is -2.15. The van der Waals surface area contributed by atoms with Crippen molar-refractivity contribution in [3.63, 3.8) is 0 Å². The van der Waals surface area contributed by atoms with Gasteiger partial charge in [-0.05, 0) is 67.9 Å². The van der Waals surface area contributed by atoms with Crippen molar-refractivity contribution in [2.24, 2.45) is 0 Å². The Labute approximate surface area is 218 Å². The lowest BCUT2D eigenvalue weighted by atomic mass is 10.0. The summed E-state index contributed by atoms with van der Waals surface area (Å²) in [5, 5.41) is 10.2. The second kappa shape index (κ2) is 12.8. The molecule has 1 aromatic heterocycles. The van der Waals surface area contributed by atoms with E-state index in [0.717, 1.165) is 33.1 Å². The molecule has 6 heteroatoms. The maximum Gasteiger partial charge on any atom is 0.344 e. The number of rotatable bonds is 13. The average Bonchev–Trinajstić information content (AvgIpc) is 3.30. The predicted octanol–water partition coefficient (Wildman–Crippen LogP) is 7.64. The van der Waals surface area contributed by atoms with Crippen LogP contribution in [0, 0.1) is 6.92 Å². The molecule has 2 aromatic carbocycles. The van der Waals surface area contributed by atoms with E-state index < -0.39 is 12.1 Å². The van der Waals surface area contributed by atoms with Gasteiger partial charge in [-0.15, -0.1) is 11.3 Å². The molecule has 0 radical (unpaired) electrons. The van der Waals surface area contributed by atoms with Crippen molar-refractivity contribution in [3.05, 3.63) is 69.7 Å². The molecule has 1 N–H and O–H groups in total. The summed E-state index contributed by atoms with van der Waals surface area (Å²) in [7, 11) is 0. The molecule has 0 aliphatic carbocycles. The number of carbonyl (C=O) groups excluding carboxylic acids is 1. The molecule has 36 heavy (non-hydrogen) atoms. The first-order valence-electron chi connectivity index (χ1n) is 12.9. The molecule has 0 saturated heterocycles. The number of ether oxygens (including phenoxy) is 1. The first-order valence-corrected chi connectivity index (χ1v) is 13.7. The highest BCUT2D eigenvalue weighted by molar-refractivity contribution is 7.15. The van der Waals surface area contributed by atoms with E-state index in [9.17, 15) is 14.7 Å². The van der Waals surface area contributed by atoms with Crippen LogP contribution in [0.3, 0.4) is 0 Å². The van der Waals surface area contributed by atoms with E-state index in [-0.39, 0.29) is 11.7 Å². The summed E-state index contributed by atoms with van der Waals surface area (Å²) < 4.78 is 5.62. The van der Waals surface area contributed by atoms with Gasteiger partial charge in [-0.25, -0.2) is 9.78 Å². The topological polar surface area (TPSA) is 76.5 Å². The number of nitrogens with zero attached hydrogens (tertiary/aromatic N) is 1. The van der Waals surface area contributed by atoms with Gasteiger partial charge >= 0.3 is 5.97 Å². The minimum absolute atomic E-state index is 0.0554. The molecule has 0 amide bonds. The maximum absolute atomic E-state index is 13.0. The van der Waals surface area contributed by atoms with Crippen molar-refractivity contribution in [2.45, 2.75) is 85.2 Å². The third-order valence-electron chi connectivity index (χ3n) is 6.29. The third kappa shape index (κ3) is 7.03. The van der Waals surface area contributed by atoms with Crippen molar-refractivity contribution in [1.82, 2.24) is 4.98 Å². The van der Waals surface area contributed by atoms with Gasteiger partial charge in [0, 0.05) is 22.4 Å². The first kappa shape index (κ1) is 27.6. The van der Waals surface area contributed by atoms with Gasteiger partial charge in [0.25, 0.3) is 0 Å². The number of aryl methyl sites for hydroxylation is 3. The highest BCUT2D eigenvalue weighted by atomic mass is 32.1. The Balaban J connectivity index is 1.71. The third-order valence-corrected chi connectivity index (χ3v) is 7.47. The molecule has 192 valence electrons. The Kier molecular flexibility index (Phi) is 9.82. The Morgan fingerprint density at radius 3 is 2.36 bits per heavy atom. The molecular formula is C30H37NO4S. The van der Waals surface area contributed by atoms with E-state index in [4.69, 9.17) is 9.72 Å². The minimum Gasteiger partial charge on any atom is -0.479 e. The van der Waals surface area contributed by atoms with Crippen molar-refractivity contribution in [1.29, 1.82) is 0 Å². The Hall–Kier alpha value is -2.99. The Bertz CT molecular complexity index is 1180. The summed E-state index contributed by atoms with van der Waals surface area (Å²) in [6.07, 6.45) is 4.00. The van der Waals surface area contributed by atoms with E-state index in [1.54, 1.807) is 36.5 Å². The molecule has 0 fully saturated rings. The fourth-order valence-electron chi connectivity index (χ4n) is 4.10. The molecule has 0 bridgehead atoms. The van der Waals surface area contributed by atoms with Gasteiger partial charge in [0.1, 0.15) is 10.8 Å². The summed E-state index contributed by atoms with van der Waals surface area (Å²) in [6.45, 7) is 10.1. The molecular weight excluding hydrogens is 470 g/mol. The van der Waals surface area contributed by atoms with Crippen molar-refractivity contribution in [3.8, 4) is 16.3 Å². The van der Waals surface area contributed by atoms with E-state index in [0.29, 0.717) is 30.6 Å². The van der Waals surface area contributed by atoms with Gasteiger partial charge in [0.2, 0.25) is 0 Å². The molecule has 0 aliphatic heterocycles. The molecule has 1 unspecified atom stereocenters.